The molecule has 0 saturated heterocycles. The van der Waals surface area contributed by atoms with Gasteiger partial charge in [0.1, 0.15) is 5.03 Å². The highest BCUT2D eigenvalue weighted by atomic mass is 35.5. The van der Waals surface area contributed by atoms with Crippen molar-refractivity contribution in [2.24, 2.45) is 0 Å². The maximum absolute atomic E-state index is 5.69. The van der Waals surface area contributed by atoms with Crippen molar-refractivity contribution in [1.29, 1.82) is 0 Å². The molecule has 2 aromatic heterocycles. The Labute approximate surface area is 117 Å². The van der Waals surface area contributed by atoms with Gasteiger partial charge in [-0.3, -0.25) is 0 Å². The lowest BCUT2D eigenvalue weighted by atomic mass is 10.3. The van der Waals surface area contributed by atoms with Gasteiger partial charge in [0, 0.05) is 0 Å². The Morgan fingerprint density at radius 3 is 2.53 bits per heavy atom. The van der Waals surface area contributed by atoms with Crippen LogP contribution in [0, 0.1) is 0 Å². The first kappa shape index (κ1) is 12.1. The van der Waals surface area contributed by atoms with E-state index in [0.29, 0.717) is 15.3 Å². The molecule has 0 amide bonds. The topological polar surface area (TPSA) is 69.4 Å². The Balaban J connectivity index is 1.91. The second kappa shape index (κ2) is 5.33. The number of benzene rings is 1. The third-order valence-corrected chi connectivity index (χ3v) is 3.31. The van der Waals surface area contributed by atoms with Crippen LogP contribution in [0.15, 0.2) is 52.6 Å². The molecule has 0 aliphatic heterocycles. The molecular weight excluding hydrogens is 284 g/mol. The molecule has 0 radical (unpaired) electrons. The van der Waals surface area contributed by atoms with Gasteiger partial charge in [-0.25, -0.2) is 0 Å². The summed E-state index contributed by atoms with van der Waals surface area (Å²) >= 11 is 7.01. The van der Waals surface area contributed by atoms with Crippen LogP contribution in [0.1, 0.15) is 0 Å². The van der Waals surface area contributed by atoms with Crippen LogP contribution in [0.3, 0.4) is 0 Å². The molecule has 3 aromatic rings. The fraction of sp³-hybridized carbons (Fsp3) is 0. The van der Waals surface area contributed by atoms with Crippen molar-refractivity contribution in [1.82, 2.24) is 30.4 Å². The molecule has 8 heteroatoms. The third kappa shape index (κ3) is 2.72. The smallest absolute Gasteiger partial charge is 0.187 e. The van der Waals surface area contributed by atoms with E-state index < -0.39 is 0 Å². The number of hydrogen-bond acceptors (Lipinski definition) is 6. The lowest BCUT2D eigenvalue weighted by molar-refractivity contribution is 0.755. The number of halogens is 1. The molecule has 0 N–H and O–H groups in total. The van der Waals surface area contributed by atoms with Crippen molar-refractivity contribution >= 4 is 23.4 Å². The van der Waals surface area contributed by atoms with Gasteiger partial charge in [-0.2, -0.15) is 4.68 Å². The monoisotopic (exact) mass is 290 g/mol. The van der Waals surface area contributed by atoms with Gasteiger partial charge < -0.3 is 0 Å². The van der Waals surface area contributed by atoms with Crippen LogP contribution in [0.25, 0.3) is 5.69 Å². The average molecular weight is 291 g/mol. The van der Waals surface area contributed by atoms with Gasteiger partial charge in [-0.15, -0.1) is 15.3 Å². The zero-order chi connectivity index (χ0) is 13.1. The summed E-state index contributed by atoms with van der Waals surface area (Å²) in [7, 11) is 0. The van der Waals surface area contributed by atoms with E-state index in [0.717, 1.165) is 5.69 Å². The molecule has 1 aromatic carbocycles. The van der Waals surface area contributed by atoms with Crippen LogP contribution in [-0.4, -0.2) is 30.4 Å². The van der Waals surface area contributed by atoms with Crippen molar-refractivity contribution in [2.75, 3.05) is 0 Å². The molecule has 0 aliphatic rings. The molecule has 0 atom stereocenters. The second-order valence-corrected chi connectivity index (χ2v) is 4.88. The van der Waals surface area contributed by atoms with E-state index in [2.05, 4.69) is 25.7 Å². The Morgan fingerprint density at radius 1 is 0.947 bits per heavy atom. The van der Waals surface area contributed by atoms with Crippen molar-refractivity contribution < 1.29 is 0 Å². The van der Waals surface area contributed by atoms with Crippen molar-refractivity contribution in [2.45, 2.75) is 10.2 Å². The Bertz CT molecular complexity index is 669. The second-order valence-electron chi connectivity index (χ2n) is 3.51. The number of rotatable bonds is 3. The zero-order valence-corrected chi connectivity index (χ0v) is 11.1. The number of tetrazole rings is 1. The minimum atomic E-state index is 0.354. The zero-order valence-electron chi connectivity index (χ0n) is 9.51. The number of hydrogen-bond donors (Lipinski definition) is 0. The molecule has 0 fully saturated rings. The van der Waals surface area contributed by atoms with E-state index in [1.165, 1.54) is 11.8 Å². The van der Waals surface area contributed by atoms with Crippen molar-refractivity contribution in [3.63, 3.8) is 0 Å². The summed E-state index contributed by atoms with van der Waals surface area (Å²) < 4.78 is 1.64. The molecule has 0 bridgehead atoms. The lowest BCUT2D eigenvalue weighted by Crippen LogP contribution is -1.98. The fourth-order valence-corrected chi connectivity index (χ4v) is 2.24. The van der Waals surface area contributed by atoms with Crippen LogP contribution < -0.4 is 0 Å². The fourth-order valence-electron chi connectivity index (χ4n) is 1.43. The Kier molecular flexibility index (Phi) is 3.39. The van der Waals surface area contributed by atoms with E-state index in [1.54, 1.807) is 16.8 Å². The number of nitrogens with zero attached hydrogens (tertiary/aromatic N) is 6. The van der Waals surface area contributed by atoms with Gasteiger partial charge in [0.2, 0.25) is 5.16 Å². The highest BCUT2D eigenvalue weighted by molar-refractivity contribution is 7.99. The summed E-state index contributed by atoms with van der Waals surface area (Å²) in [5, 5.41) is 21.0. The van der Waals surface area contributed by atoms with E-state index in [-0.39, 0.29) is 0 Å². The van der Waals surface area contributed by atoms with Crippen LogP contribution >= 0.6 is 23.4 Å². The summed E-state index contributed by atoms with van der Waals surface area (Å²) in [6.45, 7) is 0. The SMILES string of the molecule is Clc1ccc(Sc2nnnn2-c2ccccc2)nn1. The van der Waals surface area contributed by atoms with Crippen LogP contribution in [-0.2, 0) is 0 Å². The van der Waals surface area contributed by atoms with Crippen LogP contribution in [0.2, 0.25) is 5.15 Å². The minimum absolute atomic E-state index is 0.354. The minimum Gasteiger partial charge on any atom is -0.187 e. The molecule has 0 saturated carbocycles. The molecule has 6 nitrogen and oxygen atoms in total. The van der Waals surface area contributed by atoms with Gasteiger partial charge >= 0.3 is 0 Å². The summed E-state index contributed by atoms with van der Waals surface area (Å²) in [6.07, 6.45) is 0. The summed E-state index contributed by atoms with van der Waals surface area (Å²) in [5.74, 6) is 0. The standard InChI is InChI=1S/C11H7ClN6S/c12-9-6-7-10(14-13-9)19-11-15-16-17-18(11)8-4-2-1-3-5-8/h1-7H. The van der Waals surface area contributed by atoms with E-state index in [4.69, 9.17) is 11.6 Å². The van der Waals surface area contributed by atoms with Crippen molar-refractivity contribution in [3.8, 4) is 5.69 Å². The first-order valence-electron chi connectivity index (χ1n) is 5.34. The summed E-state index contributed by atoms with van der Waals surface area (Å²) in [4.78, 5) is 0. The predicted octanol–water partition coefficient (Wildman–Crippen LogP) is 2.26. The lowest BCUT2D eigenvalue weighted by Gasteiger charge is -2.02. The molecule has 0 spiro atoms. The normalized spacial score (nSPS) is 10.6. The number of aromatic nitrogens is 6. The predicted molar refractivity (Wildman–Crippen MR) is 70.3 cm³/mol. The molecule has 19 heavy (non-hydrogen) atoms. The average Bonchev–Trinajstić information content (AvgIpc) is 2.90. The van der Waals surface area contributed by atoms with Gasteiger partial charge in [0.25, 0.3) is 0 Å². The van der Waals surface area contributed by atoms with Crippen LogP contribution in [0.4, 0.5) is 0 Å². The van der Waals surface area contributed by atoms with Gasteiger partial charge in [-0.05, 0) is 46.5 Å². The highest BCUT2D eigenvalue weighted by Crippen LogP contribution is 2.25. The number of para-hydroxylation sites is 1. The largest absolute Gasteiger partial charge is 0.220 e. The Hall–Kier alpha value is -1.99. The van der Waals surface area contributed by atoms with Crippen LogP contribution in [0.5, 0.6) is 0 Å². The van der Waals surface area contributed by atoms with Crippen molar-refractivity contribution in [3.05, 3.63) is 47.6 Å². The van der Waals surface area contributed by atoms with Gasteiger partial charge in [-0.1, -0.05) is 29.8 Å². The van der Waals surface area contributed by atoms with E-state index >= 15 is 0 Å². The van der Waals surface area contributed by atoms with Gasteiger partial charge in [0.15, 0.2) is 5.15 Å². The molecule has 2 heterocycles. The third-order valence-electron chi connectivity index (χ3n) is 2.25. The first-order valence-corrected chi connectivity index (χ1v) is 6.53. The first-order chi connectivity index (χ1) is 9.33. The maximum atomic E-state index is 5.69. The summed E-state index contributed by atoms with van der Waals surface area (Å²) in [6, 6.07) is 13.1. The molecule has 0 aliphatic carbocycles. The molecular formula is C11H7ClN6S. The van der Waals surface area contributed by atoms with E-state index in [1.807, 2.05) is 30.3 Å². The maximum Gasteiger partial charge on any atom is 0.220 e. The molecule has 3 rings (SSSR count). The highest BCUT2D eigenvalue weighted by Gasteiger charge is 2.10. The Morgan fingerprint density at radius 2 is 1.79 bits per heavy atom. The van der Waals surface area contributed by atoms with Gasteiger partial charge in [0.05, 0.1) is 5.69 Å². The molecule has 0 unspecified atom stereocenters. The quantitative estimate of drug-likeness (QED) is 0.737. The summed E-state index contributed by atoms with van der Waals surface area (Å²) in [5.41, 5.74) is 0.886. The molecule has 94 valence electrons. The van der Waals surface area contributed by atoms with E-state index in [9.17, 15) is 0 Å².